The van der Waals surface area contributed by atoms with Crippen molar-refractivity contribution in [1.82, 2.24) is 9.55 Å². The van der Waals surface area contributed by atoms with Gasteiger partial charge in [0.15, 0.2) is 0 Å². The smallest absolute Gasteiger partial charge is 0.268 e. The number of rotatable bonds is 5. The molecule has 0 spiro atoms. The summed E-state index contributed by atoms with van der Waals surface area (Å²) in [5.74, 6) is -0.752. The van der Waals surface area contributed by atoms with E-state index in [1.54, 1.807) is 24.5 Å². The van der Waals surface area contributed by atoms with Gasteiger partial charge in [0.2, 0.25) is 0 Å². The minimum absolute atomic E-state index is 0.343. The number of amides is 2. The number of para-hydroxylation sites is 1. The van der Waals surface area contributed by atoms with Gasteiger partial charge in [-0.15, -0.1) is 0 Å². The van der Waals surface area contributed by atoms with Crippen LogP contribution in [-0.2, 0) is 0 Å². The number of carbonyl (C=O) groups excluding carboxylic acids is 2. The van der Waals surface area contributed by atoms with Crippen LogP contribution in [0.2, 0.25) is 0 Å². The number of pyridine rings is 1. The molecule has 6 heteroatoms. The van der Waals surface area contributed by atoms with Crippen LogP contribution in [0.25, 0.3) is 60.9 Å². The van der Waals surface area contributed by atoms with Crippen molar-refractivity contribution < 1.29 is 9.59 Å². The Labute approximate surface area is 287 Å². The number of nitriles is 1. The third kappa shape index (κ3) is 4.45. The Balaban J connectivity index is 1.24. The molecular formula is C44H26N4O2. The van der Waals surface area contributed by atoms with Crippen molar-refractivity contribution in [3.8, 4) is 45.1 Å². The second kappa shape index (κ2) is 11.6. The second-order valence-electron chi connectivity index (χ2n) is 12.2. The van der Waals surface area contributed by atoms with E-state index in [0.717, 1.165) is 55.2 Å². The summed E-state index contributed by atoms with van der Waals surface area (Å²) < 4.78 is 2.06. The number of benzene rings is 6. The van der Waals surface area contributed by atoms with Gasteiger partial charge in [-0.05, 0) is 64.7 Å². The number of aromatic nitrogens is 2. The van der Waals surface area contributed by atoms with Crippen LogP contribution in [0, 0.1) is 11.3 Å². The van der Waals surface area contributed by atoms with Gasteiger partial charge in [0.05, 0.1) is 45.2 Å². The maximum Gasteiger partial charge on any atom is 0.268 e. The second-order valence-corrected chi connectivity index (χ2v) is 12.2. The third-order valence-electron chi connectivity index (χ3n) is 9.49. The zero-order valence-corrected chi connectivity index (χ0v) is 26.6. The lowest BCUT2D eigenvalue weighted by molar-refractivity contribution is 0.0926. The van der Waals surface area contributed by atoms with Gasteiger partial charge in [0, 0.05) is 34.3 Å². The normalized spacial score (nSPS) is 12.4. The maximum absolute atomic E-state index is 14.8. The number of imide groups is 1. The van der Waals surface area contributed by atoms with Gasteiger partial charge in [-0.2, -0.15) is 5.26 Å². The van der Waals surface area contributed by atoms with Gasteiger partial charge in [-0.25, -0.2) is 4.90 Å². The molecule has 8 aromatic rings. The molecule has 0 bridgehead atoms. The van der Waals surface area contributed by atoms with Crippen molar-refractivity contribution >= 4 is 39.3 Å². The third-order valence-corrected chi connectivity index (χ3v) is 9.49. The molecule has 0 unspecified atom stereocenters. The summed E-state index contributed by atoms with van der Waals surface area (Å²) in [5.41, 5.74) is 9.36. The van der Waals surface area contributed by atoms with Crippen LogP contribution in [-0.4, -0.2) is 21.4 Å². The average Bonchev–Trinajstić information content (AvgIpc) is 3.65. The minimum atomic E-state index is -0.383. The van der Waals surface area contributed by atoms with Crippen molar-refractivity contribution in [3.05, 3.63) is 175 Å². The van der Waals surface area contributed by atoms with Crippen LogP contribution in [0.5, 0.6) is 0 Å². The Morgan fingerprint density at radius 2 is 1.24 bits per heavy atom. The van der Waals surface area contributed by atoms with Gasteiger partial charge >= 0.3 is 0 Å². The molecule has 3 heterocycles. The van der Waals surface area contributed by atoms with Crippen LogP contribution in [0.1, 0.15) is 26.3 Å². The van der Waals surface area contributed by atoms with E-state index in [0.29, 0.717) is 28.1 Å². The van der Waals surface area contributed by atoms with Gasteiger partial charge in [-0.3, -0.25) is 14.6 Å². The lowest BCUT2D eigenvalue weighted by atomic mass is 9.97. The summed E-state index contributed by atoms with van der Waals surface area (Å²) in [4.78, 5) is 34.7. The van der Waals surface area contributed by atoms with Crippen LogP contribution >= 0.6 is 0 Å². The van der Waals surface area contributed by atoms with Crippen LogP contribution in [0.4, 0.5) is 5.69 Å². The van der Waals surface area contributed by atoms with E-state index < -0.39 is 0 Å². The summed E-state index contributed by atoms with van der Waals surface area (Å²) >= 11 is 0. The summed E-state index contributed by atoms with van der Waals surface area (Å²) in [7, 11) is 0. The van der Waals surface area contributed by atoms with Gasteiger partial charge in [0.25, 0.3) is 11.8 Å². The highest BCUT2D eigenvalue weighted by molar-refractivity contribution is 6.36. The highest BCUT2D eigenvalue weighted by Gasteiger charge is 2.40. The number of carbonyl (C=O) groups is 2. The monoisotopic (exact) mass is 642 g/mol. The van der Waals surface area contributed by atoms with Crippen LogP contribution in [0.15, 0.2) is 158 Å². The molecule has 1 aliphatic rings. The van der Waals surface area contributed by atoms with Gasteiger partial charge in [-0.1, -0.05) is 103 Å². The Bertz CT molecular complexity index is 2710. The minimum Gasteiger partial charge on any atom is -0.308 e. The van der Waals surface area contributed by atoms with Crippen LogP contribution in [0.3, 0.4) is 0 Å². The first-order chi connectivity index (χ1) is 24.6. The Morgan fingerprint density at radius 3 is 2.04 bits per heavy atom. The predicted molar refractivity (Wildman–Crippen MR) is 197 cm³/mol. The molecule has 0 atom stereocenters. The zero-order chi connectivity index (χ0) is 33.8. The van der Waals surface area contributed by atoms with E-state index in [-0.39, 0.29) is 11.8 Å². The molecule has 0 radical (unpaired) electrons. The fourth-order valence-electron chi connectivity index (χ4n) is 7.18. The first-order valence-electron chi connectivity index (χ1n) is 16.3. The standard InChI is InChI=1S/C44H26N4O2/c45-26-32-22-23-46-27-37(32)31-18-20-34-33-14-7-8-16-38(33)47(41(34)25-31)40-17-9-15-35-42(40)44(50)48(43(35)49)39-21-19-30(28-10-3-1-4-11-28)24-36(39)29-12-5-2-6-13-29/h1-25,27H. The molecule has 234 valence electrons. The first kappa shape index (κ1) is 29.1. The molecule has 0 N–H and O–H groups in total. The summed E-state index contributed by atoms with van der Waals surface area (Å²) in [6.07, 6.45) is 3.30. The summed E-state index contributed by atoms with van der Waals surface area (Å²) in [6, 6.07) is 49.3. The molecule has 6 aromatic carbocycles. The van der Waals surface area contributed by atoms with Gasteiger partial charge < -0.3 is 4.57 Å². The maximum atomic E-state index is 14.8. The average molecular weight is 643 g/mol. The lowest BCUT2D eigenvalue weighted by Crippen LogP contribution is -2.30. The largest absolute Gasteiger partial charge is 0.308 e. The number of nitrogens with zero attached hydrogens (tertiary/aromatic N) is 4. The van der Waals surface area contributed by atoms with E-state index in [1.165, 1.54) is 4.90 Å². The van der Waals surface area contributed by atoms with Gasteiger partial charge in [0.1, 0.15) is 0 Å². The fourth-order valence-corrected chi connectivity index (χ4v) is 7.18. The van der Waals surface area contributed by atoms with E-state index in [1.807, 2.05) is 127 Å². The quantitative estimate of drug-likeness (QED) is 0.175. The summed E-state index contributed by atoms with van der Waals surface area (Å²) in [5, 5.41) is 11.8. The van der Waals surface area contributed by atoms with Crippen molar-refractivity contribution in [2.75, 3.05) is 4.90 Å². The molecule has 1 aliphatic heterocycles. The first-order valence-corrected chi connectivity index (χ1v) is 16.3. The Hall–Kier alpha value is -7.10. The highest BCUT2D eigenvalue weighted by Crippen LogP contribution is 2.42. The zero-order valence-electron chi connectivity index (χ0n) is 26.6. The molecule has 0 saturated heterocycles. The highest BCUT2D eigenvalue weighted by atomic mass is 16.2. The molecule has 2 amide bonds. The molecular weight excluding hydrogens is 617 g/mol. The molecule has 50 heavy (non-hydrogen) atoms. The lowest BCUT2D eigenvalue weighted by Gasteiger charge is -2.20. The van der Waals surface area contributed by atoms with Crippen molar-refractivity contribution in [3.63, 3.8) is 0 Å². The molecule has 0 fully saturated rings. The number of hydrogen-bond acceptors (Lipinski definition) is 4. The predicted octanol–water partition coefficient (Wildman–Crippen LogP) is 9.85. The summed E-state index contributed by atoms with van der Waals surface area (Å²) in [6.45, 7) is 0. The Morgan fingerprint density at radius 1 is 0.520 bits per heavy atom. The molecule has 9 rings (SSSR count). The number of anilines is 1. The fraction of sp³-hybridized carbons (Fsp3) is 0. The van der Waals surface area contributed by atoms with Crippen molar-refractivity contribution in [2.45, 2.75) is 0 Å². The molecule has 0 saturated carbocycles. The topological polar surface area (TPSA) is 79.0 Å². The number of hydrogen-bond donors (Lipinski definition) is 0. The molecule has 0 aliphatic carbocycles. The van der Waals surface area contributed by atoms with E-state index in [2.05, 4.69) is 21.7 Å². The SMILES string of the molecule is N#Cc1ccncc1-c1ccc2c3ccccc3n(-c3cccc4c3C(=O)N(c3ccc(-c5ccccc5)cc3-c3ccccc3)C4=O)c2c1. The Kier molecular flexibility index (Phi) is 6.72. The van der Waals surface area contributed by atoms with E-state index in [4.69, 9.17) is 0 Å². The van der Waals surface area contributed by atoms with Crippen LogP contribution < -0.4 is 4.90 Å². The molecule has 6 nitrogen and oxygen atoms in total. The van der Waals surface area contributed by atoms with E-state index >= 15 is 0 Å². The van der Waals surface area contributed by atoms with Crippen molar-refractivity contribution in [2.24, 2.45) is 0 Å². The number of fused-ring (bicyclic) bond motifs is 4. The van der Waals surface area contributed by atoms with E-state index in [9.17, 15) is 14.9 Å². The van der Waals surface area contributed by atoms with Crippen molar-refractivity contribution in [1.29, 1.82) is 5.26 Å². The molecule has 2 aromatic heterocycles.